The molecule has 0 bridgehead atoms. The second kappa shape index (κ2) is 10.7. The molecule has 12 nitrogen and oxygen atoms in total. The van der Waals surface area contributed by atoms with E-state index in [9.17, 15) is 19.7 Å². The number of methoxy groups -OCH3 is 1. The van der Waals surface area contributed by atoms with Crippen molar-refractivity contribution in [3.8, 4) is 28.6 Å². The van der Waals surface area contributed by atoms with E-state index in [0.717, 1.165) is 11.3 Å². The Morgan fingerprint density at radius 2 is 2.00 bits per heavy atom. The van der Waals surface area contributed by atoms with Crippen molar-refractivity contribution in [3.63, 3.8) is 0 Å². The Morgan fingerprint density at radius 3 is 2.76 bits per heavy atom. The Kier molecular flexibility index (Phi) is 6.86. The Hall–Kier alpha value is -5.17. The molecule has 42 heavy (non-hydrogen) atoms. The molecule has 2 aromatic heterocycles. The van der Waals surface area contributed by atoms with Gasteiger partial charge < -0.3 is 23.4 Å². The van der Waals surface area contributed by atoms with Crippen molar-refractivity contribution in [2.75, 3.05) is 20.5 Å². The van der Waals surface area contributed by atoms with Gasteiger partial charge in [0.25, 0.3) is 11.2 Å². The second-order valence-electron chi connectivity index (χ2n) is 9.26. The number of carbonyl (C=O) groups is 1. The summed E-state index contributed by atoms with van der Waals surface area (Å²) in [5, 5.41) is 11.3. The van der Waals surface area contributed by atoms with Crippen LogP contribution in [-0.4, -0.2) is 36.0 Å². The molecule has 13 heteroatoms. The first-order valence-electron chi connectivity index (χ1n) is 12.8. The van der Waals surface area contributed by atoms with E-state index in [1.165, 1.54) is 29.9 Å². The summed E-state index contributed by atoms with van der Waals surface area (Å²) in [6, 6.07) is 11.9. The summed E-state index contributed by atoms with van der Waals surface area (Å²) in [5.41, 5.74) is 1.19. The highest BCUT2D eigenvalue weighted by molar-refractivity contribution is 7.07. The number of fused-ring (bicyclic) bond motifs is 2. The number of nitro benzene ring substituents is 1. The highest BCUT2D eigenvalue weighted by atomic mass is 32.1. The van der Waals surface area contributed by atoms with Gasteiger partial charge in [-0.2, -0.15) is 0 Å². The van der Waals surface area contributed by atoms with E-state index in [1.54, 1.807) is 50.3 Å². The highest BCUT2D eigenvalue weighted by Crippen LogP contribution is 2.38. The third-order valence-corrected chi connectivity index (χ3v) is 7.77. The number of ether oxygens (including phenoxy) is 4. The molecule has 0 amide bonds. The number of furan rings is 1. The number of rotatable bonds is 7. The first-order chi connectivity index (χ1) is 20.3. The average Bonchev–Trinajstić information content (AvgIpc) is 3.71. The molecule has 214 valence electrons. The minimum Gasteiger partial charge on any atom is -0.496 e. The predicted octanol–water partition coefficient (Wildman–Crippen LogP) is 3.70. The first-order valence-corrected chi connectivity index (χ1v) is 13.6. The molecule has 6 rings (SSSR count). The normalized spacial score (nSPS) is 15.8. The topological polar surface area (TPSA) is 145 Å². The van der Waals surface area contributed by atoms with Gasteiger partial charge in [0.05, 0.1) is 46.0 Å². The van der Waals surface area contributed by atoms with Crippen LogP contribution >= 0.6 is 11.3 Å². The molecular formula is C29H23N3O9S. The molecule has 0 aliphatic carbocycles. The fraction of sp³-hybridized carbons (Fsp3) is 0.207. The molecule has 2 aromatic carbocycles. The third kappa shape index (κ3) is 4.63. The van der Waals surface area contributed by atoms with Crippen LogP contribution in [0.4, 0.5) is 5.69 Å². The summed E-state index contributed by atoms with van der Waals surface area (Å²) in [5.74, 6) is 1.56. The van der Waals surface area contributed by atoms with Crippen molar-refractivity contribution in [1.82, 2.24) is 4.57 Å². The van der Waals surface area contributed by atoms with Gasteiger partial charge in [-0.1, -0.05) is 17.4 Å². The maximum atomic E-state index is 13.9. The number of hydrogen-bond donors (Lipinski definition) is 0. The zero-order valence-corrected chi connectivity index (χ0v) is 23.4. The minimum absolute atomic E-state index is 0.0779. The number of thiazole rings is 1. The molecule has 1 atom stereocenters. The lowest BCUT2D eigenvalue weighted by Gasteiger charge is -2.24. The molecule has 0 saturated carbocycles. The number of carbonyl (C=O) groups excluding carboxylic acids is 1. The summed E-state index contributed by atoms with van der Waals surface area (Å²) in [6.45, 7) is 3.65. The average molecular weight is 590 g/mol. The number of benzene rings is 2. The lowest BCUT2D eigenvalue weighted by atomic mass is 9.95. The van der Waals surface area contributed by atoms with E-state index in [4.69, 9.17) is 23.4 Å². The number of aromatic nitrogens is 1. The summed E-state index contributed by atoms with van der Waals surface area (Å²) in [6.07, 6.45) is 1.57. The monoisotopic (exact) mass is 589 g/mol. The van der Waals surface area contributed by atoms with E-state index >= 15 is 0 Å². The Balaban J connectivity index is 1.46. The van der Waals surface area contributed by atoms with Crippen LogP contribution in [0.5, 0.6) is 17.2 Å². The van der Waals surface area contributed by atoms with Crippen LogP contribution in [0.2, 0.25) is 0 Å². The Labute approximate surface area is 241 Å². The number of esters is 1. The number of non-ortho nitro benzene ring substituents is 1. The van der Waals surface area contributed by atoms with Crippen LogP contribution in [0.3, 0.4) is 0 Å². The SMILES string of the molecule is CCOC(=O)C1=C(C)N=c2sc(=Cc3ccc(-c4cc([N+](=O)[O-])ccc4OC)o3)c(=O)n2C1c1ccc2c(c1)OCO2. The van der Waals surface area contributed by atoms with E-state index < -0.39 is 16.9 Å². The lowest BCUT2D eigenvalue weighted by molar-refractivity contribution is -0.384. The van der Waals surface area contributed by atoms with Crippen LogP contribution in [0.1, 0.15) is 31.2 Å². The fourth-order valence-electron chi connectivity index (χ4n) is 4.90. The lowest BCUT2D eigenvalue weighted by Crippen LogP contribution is -2.39. The van der Waals surface area contributed by atoms with Crippen molar-refractivity contribution in [1.29, 1.82) is 0 Å². The van der Waals surface area contributed by atoms with E-state index in [1.807, 2.05) is 0 Å². The fourth-order valence-corrected chi connectivity index (χ4v) is 5.92. The van der Waals surface area contributed by atoms with Gasteiger partial charge in [-0.25, -0.2) is 9.79 Å². The summed E-state index contributed by atoms with van der Waals surface area (Å²) in [7, 11) is 1.46. The smallest absolute Gasteiger partial charge is 0.338 e. The first kappa shape index (κ1) is 27.0. The molecule has 4 heterocycles. The molecule has 2 aliphatic rings. The largest absolute Gasteiger partial charge is 0.496 e. The van der Waals surface area contributed by atoms with E-state index in [-0.39, 0.29) is 30.2 Å². The van der Waals surface area contributed by atoms with Gasteiger partial charge in [-0.15, -0.1) is 0 Å². The van der Waals surface area contributed by atoms with Gasteiger partial charge in [0.2, 0.25) is 6.79 Å². The third-order valence-electron chi connectivity index (χ3n) is 6.79. The number of nitrogens with zero attached hydrogens (tertiary/aromatic N) is 3. The molecule has 0 fully saturated rings. The number of nitro groups is 1. The van der Waals surface area contributed by atoms with Gasteiger partial charge in [0, 0.05) is 18.2 Å². The molecular weight excluding hydrogens is 566 g/mol. The van der Waals surface area contributed by atoms with Gasteiger partial charge in [0.1, 0.15) is 17.3 Å². The standard InChI is InChI=1S/C29H23N3O9S/c1-4-38-28(34)25-15(2)30-29-31(26(25)16-5-8-22-23(11-16)40-14-39-22)27(33)24(42-29)13-18-7-10-21(41-18)19-12-17(32(35)36)6-9-20(19)37-3/h5-13,26H,4,14H2,1-3H3. The van der Waals surface area contributed by atoms with Gasteiger partial charge >= 0.3 is 5.97 Å². The van der Waals surface area contributed by atoms with E-state index in [0.29, 0.717) is 54.9 Å². The van der Waals surface area contributed by atoms with Gasteiger partial charge in [-0.3, -0.25) is 19.5 Å². The maximum absolute atomic E-state index is 13.9. The number of allylic oxidation sites excluding steroid dienone is 1. The summed E-state index contributed by atoms with van der Waals surface area (Å²) >= 11 is 1.14. The van der Waals surface area contributed by atoms with E-state index in [2.05, 4.69) is 4.99 Å². The summed E-state index contributed by atoms with van der Waals surface area (Å²) < 4.78 is 29.4. The highest BCUT2D eigenvalue weighted by Gasteiger charge is 2.34. The van der Waals surface area contributed by atoms with Crippen LogP contribution in [0.15, 0.2) is 74.0 Å². The minimum atomic E-state index is -0.821. The molecule has 0 N–H and O–H groups in total. The van der Waals surface area contributed by atoms with Crippen molar-refractivity contribution in [2.45, 2.75) is 19.9 Å². The molecule has 0 saturated heterocycles. The van der Waals surface area contributed by atoms with Crippen molar-refractivity contribution < 1.29 is 33.1 Å². The van der Waals surface area contributed by atoms with Gasteiger partial charge in [0.15, 0.2) is 16.3 Å². The molecule has 1 unspecified atom stereocenters. The maximum Gasteiger partial charge on any atom is 0.338 e. The van der Waals surface area contributed by atoms with Crippen molar-refractivity contribution in [2.24, 2.45) is 4.99 Å². The van der Waals surface area contributed by atoms with Crippen LogP contribution in [0, 0.1) is 10.1 Å². The molecule has 2 aliphatic heterocycles. The number of hydrogen-bond acceptors (Lipinski definition) is 11. The Bertz CT molecular complexity index is 1970. The quantitative estimate of drug-likeness (QED) is 0.179. The van der Waals surface area contributed by atoms with Crippen LogP contribution in [-0.2, 0) is 9.53 Å². The van der Waals surface area contributed by atoms with Crippen LogP contribution < -0.4 is 29.1 Å². The molecule has 4 aromatic rings. The predicted molar refractivity (Wildman–Crippen MR) is 150 cm³/mol. The summed E-state index contributed by atoms with van der Waals surface area (Å²) in [4.78, 5) is 42.8. The Morgan fingerprint density at radius 1 is 1.19 bits per heavy atom. The second-order valence-corrected chi connectivity index (χ2v) is 10.3. The zero-order valence-electron chi connectivity index (χ0n) is 22.6. The molecule has 0 radical (unpaired) electrons. The molecule has 0 spiro atoms. The van der Waals surface area contributed by atoms with Crippen molar-refractivity contribution in [3.05, 3.63) is 101 Å². The zero-order chi connectivity index (χ0) is 29.5. The van der Waals surface area contributed by atoms with Crippen molar-refractivity contribution >= 4 is 29.1 Å². The van der Waals surface area contributed by atoms with Gasteiger partial charge in [-0.05, 0) is 49.7 Å². The van der Waals surface area contributed by atoms with Crippen LogP contribution in [0.25, 0.3) is 17.4 Å².